The van der Waals surface area contributed by atoms with Gasteiger partial charge < -0.3 is 9.47 Å². The van der Waals surface area contributed by atoms with Crippen molar-refractivity contribution in [1.82, 2.24) is 0 Å². The van der Waals surface area contributed by atoms with Gasteiger partial charge in [0.1, 0.15) is 12.4 Å². The third kappa shape index (κ3) is 4.73. The predicted octanol–water partition coefficient (Wildman–Crippen LogP) is 4.04. The molecule has 0 saturated carbocycles. The maximum atomic E-state index is 5.90. The minimum Gasteiger partial charge on any atom is -0.491 e. The third-order valence-corrected chi connectivity index (χ3v) is 2.80. The van der Waals surface area contributed by atoms with Crippen LogP contribution in [-0.2, 0) is 10.1 Å². The number of alkyl halides is 1. The fourth-order valence-corrected chi connectivity index (χ4v) is 1.86. The summed E-state index contributed by atoms with van der Waals surface area (Å²) in [6.45, 7) is 5.17. The molecular formula is C12H16BrClO2. The summed E-state index contributed by atoms with van der Waals surface area (Å²) in [6, 6.07) is 5.61. The monoisotopic (exact) mass is 306 g/mol. The van der Waals surface area contributed by atoms with Crippen LogP contribution in [0.1, 0.15) is 19.4 Å². The Bertz CT molecular complexity index is 329. The molecule has 0 aliphatic heterocycles. The van der Waals surface area contributed by atoms with Crippen molar-refractivity contribution in [3.05, 3.63) is 28.8 Å². The third-order valence-electron chi connectivity index (χ3n) is 1.96. The van der Waals surface area contributed by atoms with Crippen LogP contribution in [0.5, 0.6) is 5.75 Å². The van der Waals surface area contributed by atoms with Gasteiger partial charge in [-0.1, -0.05) is 27.5 Å². The molecule has 0 amide bonds. The van der Waals surface area contributed by atoms with Crippen molar-refractivity contribution in [2.45, 2.75) is 25.3 Å². The van der Waals surface area contributed by atoms with E-state index in [-0.39, 0.29) is 6.10 Å². The first-order valence-electron chi connectivity index (χ1n) is 5.22. The molecular weight excluding hydrogens is 291 g/mol. The van der Waals surface area contributed by atoms with E-state index in [4.69, 9.17) is 21.1 Å². The first kappa shape index (κ1) is 13.8. The minimum atomic E-state index is 0.240. The van der Waals surface area contributed by atoms with Gasteiger partial charge in [-0.2, -0.15) is 0 Å². The van der Waals surface area contributed by atoms with Crippen molar-refractivity contribution < 1.29 is 9.47 Å². The van der Waals surface area contributed by atoms with Gasteiger partial charge in [0.15, 0.2) is 0 Å². The summed E-state index contributed by atoms with van der Waals surface area (Å²) in [5.41, 5.74) is 1.05. The highest BCUT2D eigenvalue weighted by molar-refractivity contribution is 9.08. The molecule has 0 saturated heterocycles. The Morgan fingerprint density at radius 1 is 1.31 bits per heavy atom. The Morgan fingerprint density at radius 3 is 2.69 bits per heavy atom. The van der Waals surface area contributed by atoms with Crippen molar-refractivity contribution >= 4 is 27.5 Å². The Hall–Kier alpha value is -0.250. The maximum Gasteiger partial charge on any atom is 0.123 e. The molecule has 0 heterocycles. The molecule has 2 nitrogen and oxygen atoms in total. The summed E-state index contributed by atoms with van der Waals surface area (Å²) in [6.07, 6.45) is 0.240. The zero-order valence-corrected chi connectivity index (χ0v) is 11.8. The van der Waals surface area contributed by atoms with E-state index >= 15 is 0 Å². The lowest BCUT2D eigenvalue weighted by Crippen LogP contribution is -2.11. The molecule has 1 aromatic rings. The van der Waals surface area contributed by atoms with Crippen LogP contribution in [0.4, 0.5) is 0 Å². The van der Waals surface area contributed by atoms with Crippen LogP contribution in [0, 0.1) is 0 Å². The molecule has 0 aromatic heterocycles. The minimum absolute atomic E-state index is 0.240. The zero-order valence-electron chi connectivity index (χ0n) is 9.50. The van der Waals surface area contributed by atoms with Crippen molar-refractivity contribution in [2.24, 2.45) is 0 Å². The van der Waals surface area contributed by atoms with Gasteiger partial charge in [-0.25, -0.2) is 0 Å². The van der Waals surface area contributed by atoms with Gasteiger partial charge in [-0.3, -0.25) is 0 Å². The van der Waals surface area contributed by atoms with E-state index in [1.54, 1.807) is 0 Å². The normalized spacial score (nSPS) is 10.8. The quantitative estimate of drug-likeness (QED) is 0.583. The highest BCUT2D eigenvalue weighted by Gasteiger charge is 2.03. The smallest absolute Gasteiger partial charge is 0.123 e. The fourth-order valence-electron chi connectivity index (χ4n) is 1.23. The molecule has 4 heteroatoms. The second-order valence-electron chi connectivity index (χ2n) is 3.65. The highest BCUT2D eigenvalue weighted by Crippen LogP contribution is 2.24. The summed E-state index contributed by atoms with van der Waals surface area (Å²) in [7, 11) is 0. The number of hydrogen-bond donors (Lipinski definition) is 0. The highest BCUT2D eigenvalue weighted by atomic mass is 79.9. The number of halogens is 2. The van der Waals surface area contributed by atoms with Crippen molar-refractivity contribution in [2.75, 3.05) is 13.2 Å². The van der Waals surface area contributed by atoms with Gasteiger partial charge in [0.05, 0.1) is 12.7 Å². The van der Waals surface area contributed by atoms with Crippen molar-refractivity contribution in [3.8, 4) is 5.75 Å². The van der Waals surface area contributed by atoms with Crippen molar-refractivity contribution in [3.63, 3.8) is 0 Å². The van der Waals surface area contributed by atoms with Gasteiger partial charge in [0.25, 0.3) is 0 Å². The number of ether oxygens (including phenoxy) is 2. The van der Waals surface area contributed by atoms with E-state index in [1.807, 2.05) is 32.0 Å². The molecule has 0 spiro atoms. The van der Waals surface area contributed by atoms with Crippen molar-refractivity contribution in [1.29, 1.82) is 0 Å². The van der Waals surface area contributed by atoms with Crippen LogP contribution >= 0.6 is 27.5 Å². The van der Waals surface area contributed by atoms with E-state index < -0.39 is 0 Å². The SMILES string of the molecule is CC(C)OCCOc1ccc(Cl)cc1CBr. The van der Waals surface area contributed by atoms with Gasteiger partial charge in [0.2, 0.25) is 0 Å². The topological polar surface area (TPSA) is 18.5 Å². The molecule has 0 radical (unpaired) electrons. The summed E-state index contributed by atoms with van der Waals surface area (Å²) in [4.78, 5) is 0. The molecule has 16 heavy (non-hydrogen) atoms. The second-order valence-corrected chi connectivity index (χ2v) is 4.65. The van der Waals surface area contributed by atoms with Gasteiger partial charge >= 0.3 is 0 Å². The molecule has 0 atom stereocenters. The summed E-state index contributed by atoms with van der Waals surface area (Å²) >= 11 is 9.30. The van der Waals surface area contributed by atoms with Crippen LogP contribution in [-0.4, -0.2) is 19.3 Å². The summed E-state index contributed by atoms with van der Waals surface area (Å²) in [5, 5.41) is 1.45. The van der Waals surface area contributed by atoms with Crippen LogP contribution in [0.25, 0.3) is 0 Å². The standard InChI is InChI=1S/C12H16BrClO2/c1-9(2)15-5-6-16-12-4-3-11(14)7-10(12)8-13/h3-4,7,9H,5-6,8H2,1-2H3. The lowest BCUT2D eigenvalue weighted by molar-refractivity contribution is 0.0551. The molecule has 0 aliphatic rings. The van der Waals surface area contributed by atoms with E-state index in [1.165, 1.54) is 0 Å². The Morgan fingerprint density at radius 2 is 2.06 bits per heavy atom. The number of hydrogen-bond acceptors (Lipinski definition) is 2. The molecule has 0 bridgehead atoms. The Labute approximate surface area is 110 Å². The first-order valence-corrected chi connectivity index (χ1v) is 6.72. The lowest BCUT2D eigenvalue weighted by atomic mass is 10.2. The Kier molecular flexibility index (Phi) is 6.17. The number of benzene rings is 1. The predicted molar refractivity (Wildman–Crippen MR) is 70.7 cm³/mol. The van der Waals surface area contributed by atoms with Gasteiger partial charge in [0, 0.05) is 15.9 Å². The Balaban J connectivity index is 2.47. The van der Waals surface area contributed by atoms with E-state index in [9.17, 15) is 0 Å². The molecule has 0 unspecified atom stereocenters. The van der Waals surface area contributed by atoms with E-state index in [0.29, 0.717) is 13.2 Å². The maximum absolute atomic E-state index is 5.90. The lowest BCUT2D eigenvalue weighted by Gasteiger charge is -2.11. The molecule has 0 N–H and O–H groups in total. The summed E-state index contributed by atoms with van der Waals surface area (Å²) < 4.78 is 11.0. The molecule has 90 valence electrons. The van der Waals surface area contributed by atoms with Crippen LogP contribution in [0.2, 0.25) is 5.02 Å². The van der Waals surface area contributed by atoms with Gasteiger partial charge in [-0.05, 0) is 32.0 Å². The second kappa shape index (κ2) is 7.15. The molecule has 0 fully saturated rings. The van der Waals surface area contributed by atoms with Gasteiger partial charge in [-0.15, -0.1) is 0 Å². The molecule has 1 aromatic carbocycles. The van der Waals surface area contributed by atoms with E-state index in [0.717, 1.165) is 21.7 Å². The zero-order chi connectivity index (χ0) is 12.0. The first-order chi connectivity index (χ1) is 7.63. The number of rotatable bonds is 6. The average molecular weight is 308 g/mol. The van der Waals surface area contributed by atoms with E-state index in [2.05, 4.69) is 15.9 Å². The van der Waals surface area contributed by atoms with Crippen LogP contribution in [0.3, 0.4) is 0 Å². The fraction of sp³-hybridized carbons (Fsp3) is 0.500. The molecule has 0 aliphatic carbocycles. The summed E-state index contributed by atoms with van der Waals surface area (Å²) in [5.74, 6) is 0.855. The molecule has 1 rings (SSSR count). The van der Waals surface area contributed by atoms with Crippen LogP contribution < -0.4 is 4.74 Å². The average Bonchev–Trinajstić information content (AvgIpc) is 2.25. The van der Waals surface area contributed by atoms with Crippen LogP contribution in [0.15, 0.2) is 18.2 Å². The largest absolute Gasteiger partial charge is 0.491 e.